The van der Waals surface area contributed by atoms with Crippen LogP contribution in [0.15, 0.2) is 54.7 Å². The van der Waals surface area contributed by atoms with Gasteiger partial charge in [-0.2, -0.15) is 0 Å². The molecule has 0 spiro atoms. The zero-order chi connectivity index (χ0) is 13.1. The summed E-state index contributed by atoms with van der Waals surface area (Å²) in [7, 11) is 0. The van der Waals surface area contributed by atoms with Gasteiger partial charge in [0.1, 0.15) is 0 Å². The van der Waals surface area contributed by atoms with Gasteiger partial charge in [0, 0.05) is 11.7 Å². The normalized spacial score (nSPS) is 11.0. The molecule has 0 unspecified atom stereocenters. The van der Waals surface area contributed by atoms with Gasteiger partial charge in [0.25, 0.3) is 0 Å². The molecule has 0 atom stereocenters. The average Bonchev–Trinajstić information content (AvgIpc) is 2.89. The number of hydrogen-bond donors (Lipinski definition) is 1. The van der Waals surface area contributed by atoms with Gasteiger partial charge in [-0.1, -0.05) is 43.7 Å². The molecule has 0 saturated heterocycles. The summed E-state index contributed by atoms with van der Waals surface area (Å²) >= 11 is 0. The van der Waals surface area contributed by atoms with Crippen LogP contribution in [0.2, 0.25) is 0 Å². The first kappa shape index (κ1) is 12.0. The second-order valence-corrected chi connectivity index (χ2v) is 5.09. The lowest BCUT2D eigenvalue weighted by Gasteiger charge is -2.09. The first-order valence-electron chi connectivity index (χ1n) is 6.99. The van der Waals surface area contributed by atoms with Crippen molar-refractivity contribution in [1.82, 2.24) is 4.98 Å². The highest BCUT2D eigenvalue weighted by Crippen LogP contribution is 2.19. The van der Waals surface area contributed by atoms with Crippen LogP contribution in [0.5, 0.6) is 0 Å². The summed E-state index contributed by atoms with van der Waals surface area (Å²) in [6.45, 7) is 2.24. The highest BCUT2D eigenvalue weighted by atomic mass is 14.7. The van der Waals surface area contributed by atoms with Gasteiger partial charge >= 0.3 is 0 Å². The van der Waals surface area contributed by atoms with E-state index in [-0.39, 0.29) is 0 Å². The Balaban J connectivity index is 1.91. The van der Waals surface area contributed by atoms with Crippen LogP contribution in [0.4, 0.5) is 0 Å². The lowest BCUT2D eigenvalue weighted by Crippen LogP contribution is -1.95. The van der Waals surface area contributed by atoms with Crippen molar-refractivity contribution in [2.24, 2.45) is 0 Å². The van der Waals surface area contributed by atoms with Crippen LogP contribution in [-0.2, 0) is 12.8 Å². The van der Waals surface area contributed by atoms with E-state index < -0.39 is 0 Å². The van der Waals surface area contributed by atoms with Crippen LogP contribution in [-0.4, -0.2) is 4.98 Å². The van der Waals surface area contributed by atoms with Gasteiger partial charge < -0.3 is 4.98 Å². The van der Waals surface area contributed by atoms with E-state index in [9.17, 15) is 0 Å². The molecule has 96 valence electrons. The van der Waals surface area contributed by atoms with Gasteiger partial charge in [0.2, 0.25) is 0 Å². The van der Waals surface area contributed by atoms with Gasteiger partial charge in [-0.25, -0.2) is 0 Å². The maximum Gasteiger partial charge on any atom is 0.0454 e. The zero-order valence-corrected chi connectivity index (χ0v) is 11.3. The molecule has 3 rings (SSSR count). The summed E-state index contributed by atoms with van der Waals surface area (Å²) < 4.78 is 0. The highest BCUT2D eigenvalue weighted by Gasteiger charge is 2.03. The van der Waals surface area contributed by atoms with E-state index in [1.165, 1.54) is 40.4 Å². The van der Waals surface area contributed by atoms with Crippen LogP contribution in [0.3, 0.4) is 0 Å². The van der Waals surface area contributed by atoms with Gasteiger partial charge in [-0.15, -0.1) is 0 Å². The number of aromatic amines is 1. The fourth-order valence-electron chi connectivity index (χ4n) is 2.68. The number of benzene rings is 2. The van der Waals surface area contributed by atoms with Gasteiger partial charge in [0.05, 0.1) is 0 Å². The number of H-pyrrole nitrogens is 1. The van der Waals surface area contributed by atoms with Crippen molar-refractivity contribution in [3.63, 3.8) is 0 Å². The third-order valence-corrected chi connectivity index (χ3v) is 3.65. The topological polar surface area (TPSA) is 15.8 Å². The predicted molar refractivity (Wildman–Crippen MR) is 81.5 cm³/mol. The molecule has 2 aromatic carbocycles. The minimum absolute atomic E-state index is 1.03. The number of hydrogen-bond acceptors (Lipinski definition) is 0. The molecule has 0 fully saturated rings. The molecule has 0 bridgehead atoms. The fraction of sp³-hybridized carbons (Fsp3) is 0.222. The largest absolute Gasteiger partial charge is 0.361 e. The molecule has 1 aromatic heterocycles. The van der Waals surface area contributed by atoms with Crippen LogP contribution in [0.1, 0.15) is 30.0 Å². The first-order chi connectivity index (χ1) is 9.36. The summed E-state index contributed by atoms with van der Waals surface area (Å²) in [4.78, 5) is 3.24. The first-order valence-corrected chi connectivity index (χ1v) is 6.99. The Labute approximate surface area is 114 Å². The zero-order valence-electron chi connectivity index (χ0n) is 11.3. The quantitative estimate of drug-likeness (QED) is 0.689. The molecule has 0 radical (unpaired) electrons. The number of aryl methyl sites for hydroxylation is 1. The standard InChI is InChI=1S/C18H19N/c1-2-5-15-6-3-4-7-16(15)12-14-8-9-18-17(13-14)10-11-19-18/h3-4,6-11,13,19H,2,5,12H2,1H3. The maximum absolute atomic E-state index is 3.24. The third kappa shape index (κ3) is 2.55. The summed E-state index contributed by atoms with van der Waals surface area (Å²) in [5, 5.41) is 1.30. The van der Waals surface area contributed by atoms with Crippen LogP contribution < -0.4 is 0 Å². The van der Waals surface area contributed by atoms with Crippen molar-refractivity contribution in [1.29, 1.82) is 0 Å². The Bertz CT molecular complexity index is 679. The van der Waals surface area contributed by atoms with E-state index in [0.717, 1.165) is 6.42 Å². The smallest absolute Gasteiger partial charge is 0.0454 e. The van der Waals surface area contributed by atoms with Gasteiger partial charge in [0.15, 0.2) is 0 Å². The minimum atomic E-state index is 1.03. The average molecular weight is 249 g/mol. The fourth-order valence-corrected chi connectivity index (χ4v) is 2.68. The monoisotopic (exact) mass is 249 g/mol. The molecule has 0 aliphatic carbocycles. The Morgan fingerprint density at radius 1 is 0.947 bits per heavy atom. The minimum Gasteiger partial charge on any atom is -0.361 e. The number of nitrogens with one attached hydrogen (secondary N) is 1. The van der Waals surface area contributed by atoms with E-state index in [2.05, 4.69) is 60.4 Å². The van der Waals surface area contributed by atoms with Gasteiger partial charge in [-0.3, -0.25) is 0 Å². The van der Waals surface area contributed by atoms with Gasteiger partial charge in [-0.05, 0) is 53.1 Å². The van der Waals surface area contributed by atoms with Crippen molar-refractivity contribution >= 4 is 10.9 Å². The highest BCUT2D eigenvalue weighted by molar-refractivity contribution is 5.80. The Kier molecular flexibility index (Phi) is 3.37. The Hall–Kier alpha value is -2.02. The van der Waals surface area contributed by atoms with Crippen molar-refractivity contribution in [2.75, 3.05) is 0 Å². The van der Waals surface area contributed by atoms with E-state index in [4.69, 9.17) is 0 Å². The Morgan fingerprint density at radius 3 is 2.63 bits per heavy atom. The summed E-state index contributed by atoms with van der Waals surface area (Å²) in [6, 6.07) is 17.6. The lowest BCUT2D eigenvalue weighted by atomic mass is 9.97. The van der Waals surface area contributed by atoms with Crippen LogP contribution in [0, 0.1) is 0 Å². The second kappa shape index (κ2) is 5.31. The van der Waals surface area contributed by atoms with E-state index in [1.54, 1.807) is 0 Å². The SMILES string of the molecule is CCCc1ccccc1Cc1ccc2[nH]ccc2c1. The molecule has 0 aliphatic heterocycles. The Morgan fingerprint density at radius 2 is 1.79 bits per heavy atom. The number of rotatable bonds is 4. The molecule has 0 aliphatic rings. The molecule has 1 heteroatoms. The van der Waals surface area contributed by atoms with Crippen molar-refractivity contribution in [2.45, 2.75) is 26.2 Å². The molecule has 0 saturated carbocycles. The van der Waals surface area contributed by atoms with E-state index >= 15 is 0 Å². The molecule has 1 heterocycles. The number of fused-ring (bicyclic) bond motifs is 1. The molecule has 0 amide bonds. The summed E-state index contributed by atoms with van der Waals surface area (Å²) in [6.07, 6.45) is 5.40. The summed E-state index contributed by atoms with van der Waals surface area (Å²) in [5.41, 5.74) is 5.54. The molecule has 3 aromatic rings. The van der Waals surface area contributed by atoms with Crippen LogP contribution >= 0.6 is 0 Å². The molecular formula is C18H19N. The maximum atomic E-state index is 3.24. The molecule has 1 nitrogen and oxygen atoms in total. The molecule has 19 heavy (non-hydrogen) atoms. The molecule has 1 N–H and O–H groups in total. The predicted octanol–water partition coefficient (Wildman–Crippen LogP) is 4.71. The lowest BCUT2D eigenvalue weighted by molar-refractivity contribution is 0.904. The van der Waals surface area contributed by atoms with Crippen molar-refractivity contribution in [3.05, 3.63) is 71.4 Å². The number of aromatic nitrogens is 1. The summed E-state index contributed by atoms with van der Waals surface area (Å²) in [5.74, 6) is 0. The van der Waals surface area contributed by atoms with Crippen LogP contribution in [0.25, 0.3) is 10.9 Å². The second-order valence-electron chi connectivity index (χ2n) is 5.09. The van der Waals surface area contributed by atoms with Crippen molar-refractivity contribution in [3.8, 4) is 0 Å². The van der Waals surface area contributed by atoms with Crippen molar-refractivity contribution < 1.29 is 0 Å². The van der Waals surface area contributed by atoms with E-state index in [1.807, 2.05) is 6.20 Å². The molecular weight excluding hydrogens is 230 g/mol. The van der Waals surface area contributed by atoms with E-state index in [0.29, 0.717) is 0 Å². The third-order valence-electron chi connectivity index (χ3n) is 3.65.